The fourth-order valence-corrected chi connectivity index (χ4v) is 11.8. The number of nitrogens with zero attached hydrogens (tertiary/aromatic N) is 3. The molecule has 2 aromatic carbocycles. The number of unbranched alkanes of at least 4 members (excludes halogenated alkanes) is 2. The Bertz CT molecular complexity index is 3780. The van der Waals surface area contributed by atoms with Gasteiger partial charge in [-0.3, -0.25) is 62.3 Å². The number of primary amides is 1. The first-order valence-electron chi connectivity index (χ1n) is 32.1. The van der Waals surface area contributed by atoms with Gasteiger partial charge in [0.1, 0.15) is 54.4 Å². The zero-order valence-electron chi connectivity index (χ0n) is 53.5. The van der Waals surface area contributed by atoms with Crippen molar-refractivity contribution in [2.24, 2.45) is 11.5 Å². The van der Waals surface area contributed by atoms with Gasteiger partial charge in [0.15, 0.2) is 0 Å². The number of carbonyl (C=O) groups excluding carboxylic acids is 12. The number of amides is 12. The predicted octanol–water partition coefficient (Wildman–Crippen LogP) is -2.46. The van der Waals surface area contributed by atoms with Crippen LogP contribution < -0.4 is 64.6 Å². The number of hydrogen-bond acceptors (Lipinski definition) is 16. The number of aromatic amines is 4. The van der Waals surface area contributed by atoms with E-state index in [9.17, 15) is 62.6 Å². The van der Waals surface area contributed by atoms with Gasteiger partial charge in [0.25, 0.3) is 0 Å². The molecule has 0 spiro atoms. The van der Waals surface area contributed by atoms with E-state index in [1.54, 1.807) is 54.9 Å². The molecule has 0 bridgehead atoms. The minimum atomic E-state index is -1.95. The molecule has 0 radical (unpaired) electrons. The molecule has 8 rings (SSSR count). The first-order valence-corrected chi connectivity index (χ1v) is 32.1. The Morgan fingerprint density at radius 2 is 1.08 bits per heavy atom. The lowest BCUT2D eigenvalue weighted by atomic mass is 10.0. The molecule has 97 heavy (non-hydrogen) atoms. The second-order valence-corrected chi connectivity index (χ2v) is 24.0. The van der Waals surface area contributed by atoms with Crippen molar-refractivity contribution in [2.45, 2.75) is 158 Å². The number of hydrogen-bond donors (Lipinski definition) is 17. The second kappa shape index (κ2) is 35.0. The Morgan fingerprint density at radius 3 is 1.60 bits per heavy atom. The summed E-state index contributed by atoms with van der Waals surface area (Å²) >= 11 is 0. The number of aromatic nitrogens is 6. The lowest BCUT2D eigenvalue weighted by molar-refractivity contribution is -0.143. The minimum Gasteiger partial charge on any atom is -0.481 e. The highest BCUT2D eigenvalue weighted by Crippen LogP contribution is 2.24. The zero-order valence-corrected chi connectivity index (χ0v) is 53.5. The van der Waals surface area contributed by atoms with E-state index >= 15 is 4.79 Å². The van der Waals surface area contributed by atoms with Crippen LogP contribution in [0.15, 0.2) is 86.0 Å². The number of H-pyrrole nitrogens is 4. The van der Waals surface area contributed by atoms with Crippen LogP contribution in [0.3, 0.4) is 0 Å². The van der Waals surface area contributed by atoms with Crippen LogP contribution in [0.5, 0.6) is 0 Å². The summed E-state index contributed by atoms with van der Waals surface area (Å²) in [6, 6.07) is 1.57. The average Bonchev–Trinajstić information content (AvgIpc) is 1.75. The number of imidazole rings is 2. The van der Waals surface area contributed by atoms with E-state index in [4.69, 9.17) is 11.5 Å². The molecule has 6 aromatic rings. The van der Waals surface area contributed by atoms with Gasteiger partial charge in [0.05, 0.1) is 25.6 Å². The van der Waals surface area contributed by atoms with Gasteiger partial charge < -0.3 is 94.6 Å². The minimum absolute atomic E-state index is 0.0469. The maximum Gasteiger partial charge on any atom is 0.305 e. The van der Waals surface area contributed by atoms with Crippen LogP contribution in [-0.4, -0.2) is 197 Å². The van der Waals surface area contributed by atoms with Gasteiger partial charge in [-0.1, -0.05) is 36.4 Å². The molecule has 2 saturated heterocycles. The summed E-state index contributed by atoms with van der Waals surface area (Å²) in [7, 11) is 0. The molecule has 0 aliphatic carbocycles. The highest BCUT2D eigenvalue weighted by atomic mass is 16.4. The van der Waals surface area contributed by atoms with Crippen molar-refractivity contribution in [1.82, 2.24) is 88.0 Å². The van der Waals surface area contributed by atoms with E-state index in [-0.39, 0.29) is 101 Å². The number of carbonyl (C=O) groups is 13. The number of carboxylic acids is 1. The van der Waals surface area contributed by atoms with Gasteiger partial charge in [-0.2, -0.15) is 0 Å². The van der Waals surface area contributed by atoms with Crippen LogP contribution >= 0.6 is 0 Å². The molecule has 33 nitrogen and oxygen atoms in total. The molecule has 0 saturated carbocycles. The van der Waals surface area contributed by atoms with E-state index in [0.717, 1.165) is 0 Å². The Labute approximate surface area is 555 Å². The van der Waals surface area contributed by atoms with Crippen molar-refractivity contribution in [1.29, 1.82) is 0 Å². The van der Waals surface area contributed by atoms with E-state index in [2.05, 4.69) is 83.1 Å². The van der Waals surface area contributed by atoms with Crippen molar-refractivity contribution in [3.05, 3.63) is 108 Å². The fraction of sp³-hybridized carbons (Fsp3) is 0.453. The SMILES string of the molecule is CC(=O)NCCCC[C@H](NC(=O)[C@H](Cc1c[nH]c2ccccc12)NC(=O)[C@H](Cc1cnc[nH]1)NC(=O)[C@@H]1CCC(=O)N1)C(=O)N[C@@H](Cc1cnc[nH]1)C(=O)N[C@@H](CC(=O)O)C(=O)N[C@@H](Cc1c[nH]c2ccccc12)C(=O)N[C@@H](CCCCN)C(=O)N1CCC[C@H]1C(=O)NCC(N)=O. The summed E-state index contributed by atoms with van der Waals surface area (Å²) < 4.78 is 0. The smallest absolute Gasteiger partial charge is 0.305 e. The van der Waals surface area contributed by atoms with Crippen LogP contribution in [0.4, 0.5) is 0 Å². The molecule has 4 aromatic heterocycles. The van der Waals surface area contributed by atoms with E-state index < -0.39 is 132 Å². The Balaban J connectivity index is 1.06. The quantitative estimate of drug-likeness (QED) is 0.0180. The summed E-state index contributed by atoms with van der Waals surface area (Å²) in [6.07, 6.45) is 8.94. The van der Waals surface area contributed by atoms with Gasteiger partial charge in [-0.15, -0.1) is 0 Å². The van der Waals surface area contributed by atoms with Crippen LogP contribution in [-0.2, 0) is 88.0 Å². The molecule has 2 fully saturated rings. The molecular formula is C64H83N19O14. The molecule has 6 heterocycles. The third-order valence-corrected chi connectivity index (χ3v) is 16.8. The first-order chi connectivity index (χ1) is 46.6. The molecule has 0 unspecified atom stereocenters. The van der Waals surface area contributed by atoms with Gasteiger partial charge >= 0.3 is 5.97 Å². The van der Waals surface area contributed by atoms with Crippen molar-refractivity contribution < 1.29 is 67.4 Å². The largest absolute Gasteiger partial charge is 0.481 e. The predicted molar refractivity (Wildman–Crippen MR) is 348 cm³/mol. The molecule has 518 valence electrons. The number of para-hydroxylation sites is 2. The van der Waals surface area contributed by atoms with Gasteiger partial charge in [-0.25, -0.2) is 9.97 Å². The van der Waals surface area contributed by atoms with Crippen LogP contribution in [0.25, 0.3) is 21.8 Å². The molecule has 2 aliphatic heterocycles. The number of rotatable bonds is 37. The van der Waals surface area contributed by atoms with Crippen LogP contribution in [0.1, 0.15) is 100 Å². The topological polar surface area (TPSA) is 507 Å². The summed E-state index contributed by atoms with van der Waals surface area (Å²) in [5, 5.41) is 38.1. The third-order valence-electron chi connectivity index (χ3n) is 16.8. The summed E-state index contributed by atoms with van der Waals surface area (Å²) in [5.41, 5.74) is 14.3. The standard InChI is InChI=1S/C64H83N19O14/c1-35(84)69-21-9-7-15-44(76-58(91)47(23-36-28-70-42-13-4-2-11-40(36)42)78-60(93)49(25-38-30-67-33-73-38)81-57(90)45-18-19-54(86)75-45)56(89)80-50(26-39-31-68-34-74-39)61(94)82-51(27-55(87)88)62(95)79-48(24-37-29-71-43-14-5-3-12-41(37)43)59(92)77-46(16-6-8-20-65)64(97)83-22-10-17-52(83)63(96)72-32-53(66)85/h2-5,11-14,28-31,33-34,44-52,70-71H,6-10,15-27,32,65H2,1H3,(H2,66,85)(H,67,73)(H,68,74)(H,69,84)(H,72,96)(H,75,86)(H,76,91)(H,77,92)(H,78,93)(H,79,95)(H,80,89)(H,81,90)(H,82,94)(H,87,88)/t44-,45-,46-,47-,48-,49-,50-,51-,52-/m0/s1. The molecule has 2 aliphatic rings. The van der Waals surface area contributed by atoms with Gasteiger partial charge in [0, 0.05) is 110 Å². The van der Waals surface area contributed by atoms with E-state index in [1.807, 2.05) is 6.07 Å². The second-order valence-electron chi connectivity index (χ2n) is 24.0. The molecule has 12 amide bonds. The normalized spacial score (nSPS) is 16.5. The lowest BCUT2D eigenvalue weighted by Gasteiger charge is -2.30. The number of nitrogens with two attached hydrogens (primary N) is 2. The van der Waals surface area contributed by atoms with Gasteiger partial charge in [-0.05, 0) is 87.6 Å². The number of likely N-dealkylation sites (tertiary alicyclic amines) is 1. The van der Waals surface area contributed by atoms with Crippen molar-refractivity contribution in [2.75, 3.05) is 26.2 Å². The molecule has 33 heteroatoms. The summed E-state index contributed by atoms with van der Waals surface area (Å²) in [5.74, 6) is -10.7. The lowest BCUT2D eigenvalue weighted by Crippen LogP contribution is -2.61. The molecular weight excluding hydrogens is 1260 g/mol. The molecule has 19 N–H and O–H groups in total. The van der Waals surface area contributed by atoms with E-state index in [0.29, 0.717) is 64.3 Å². The number of benzene rings is 2. The Kier molecular flexibility index (Phi) is 25.9. The number of carboxylic acid groups (broad SMARTS) is 1. The summed E-state index contributed by atoms with van der Waals surface area (Å²) in [4.78, 5) is 200. The number of aliphatic carboxylic acids is 1. The molecule has 9 atom stereocenters. The first kappa shape index (κ1) is 71.9. The monoisotopic (exact) mass is 1340 g/mol. The van der Waals surface area contributed by atoms with Gasteiger partial charge in [0.2, 0.25) is 70.9 Å². The fourth-order valence-electron chi connectivity index (χ4n) is 11.8. The number of fused-ring (bicyclic) bond motifs is 2. The summed E-state index contributed by atoms with van der Waals surface area (Å²) in [6.45, 7) is 1.42. The highest BCUT2D eigenvalue weighted by molar-refractivity contribution is 6.00. The third kappa shape index (κ3) is 20.8. The van der Waals surface area contributed by atoms with Crippen molar-refractivity contribution in [3.63, 3.8) is 0 Å². The van der Waals surface area contributed by atoms with Crippen molar-refractivity contribution in [3.8, 4) is 0 Å². The van der Waals surface area contributed by atoms with Crippen molar-refractivity contribution >= 4 is 98.7 Å². The highest BCUT2D eigenvalue weighted by Gasteiger charge is 2.40. The van der Waals surface area contributed by atoms with Crippen LogP contribution in [0.2, 0.25) is 0 Å². The Morgan fingerprint density at radius 1 is 0.588 bits per heavy atom. The average molecular weight is 1340 g/mol. The zero-order chi connectivity index (χ0) is 69.5. The maximum absolute atomic E-state index is 15.0. The number of nitrogens with one attached hydrogen (secondary N) is 14. The Hall–Kier alpha value is -11.0. The van der Waals surface area contributed by atoms with Crippen LogP contribution in [0, 0.1) is 0 Å². The van der Waals surface area contributed by atoms with E-state index in [1.165, 1.54) is 36.9 Å². The maximum atomic E-state index is 15.0.